The lowest BCUT2D eigenvalue weighted by molar-refractivity contribution is 0.569. The molecule has 2 nitrogen and oxygen atoms in total. The zero-order valence-electron chi connectivity index (χ0n) is 10.5. The Hall–Kier alpha value is -1.29. The van der Waals surface area contributed by atoms with Crippen LogP contribution in [0.15, 0.2) is 46.2 Å². The van der Waals surface area contributed by atoms with Crippen molar-refractivity contribution in [1.82, 2.24) is 5.32 Å². The summed E-state index contributed by atoms with van der Waals surface area (Å²) < 4.78 is 5.55. The lowest BCUT2D eigenvalue weighted by atomic mass is 10.1. The highest BCUT2D eigenvalue weighted by atomic mass is 35.5. The summed E-state index contributed by atoms with van der Waals surface area (Å²) in [6.07, 6.45) is 0. The van der Waals surface area contributed by atoms with Gasteiger partial charge in [-0.25, -0.2) is 0 Å². The smallest absolute Gasteiger partial charge is 0.199 e. The van der Waals surface area contributed by atoms with Crippen LogP contribution in [0.3, 0.4) is 0 Å². The van der Waals surface area contributed by atoms with Crippen molar-refractivity contribution in [3.8, 4) is 0 Å². The highest BCUT2D eigenvalue weighted by Crippen LogP contribution is 2.30. The summed E-state index contributed by atoms with van der Waals surface area (Å²) in [5, 5.41) is 7.14. The number of furan rings is 1. The molecular formula is C15H14ClNOS. The number of rotatable bonds is 4. The molecule has 19 heavy (non-hydrogen) atoms. The van der Waals surface area contributed by atoms with Crippen LogP contribution in [0.4, 0.5) is 0 Å². The Morgan fingerprint density at radius 3 is 2.89 bits per heavy atom. The van der Waals surface area contributed by atoms with E-state index in [2.05, 4.69) is 29.8 Å². The van der Waals surface area contributed by atoms with Gasteiger partial charge in [0.15, 0.2) is 5.22 Å². The molecule has 3 rings (SSSR count). The number of benzene rings is 1. The first-order valence-electron chi connectivity index (χ1n) is 6.18. The van der Waals surface area contributed by atoms with Crippen LogP contribution in [0, 0.1) is 0 Å². The summed E-state index contributed by atoms with van der Waals surface area (Å²) in [4.78, 5) is 1.32. The molecule has 0 unspecified atom stereocenters. The first-order chi connectivity index (χ1) is 9.25. The Morgan fingerprint density at radius 2 is 2.11 bits per heavy atom. The van der Waals surface area contributed by atoms with Gasteiger partial charge in [0.1, 0.15) is 5.58 Å². The Morgan fingerprint density at radius 1 is 1.26 bits per heavy atom. The van der Waals surface area contributed by atoms with Crippen LogP contribution in [-0.2, 0) is 6.54 Å². The normalized spacial score (nSPS) is 12.9. The van der Waals surface area contributed by atoms with E-state index in [4.69, 9.17) is 16.0 Å². The third-order valence-electron chi connectivity index (χ3n) is 3.20. The summed E-state index contributed by atoms with van der Waals surface area (Å²) in [7, 11) is 0. The van der Waals surface area contributed by atoms with Crippen LogP contribution < -0.4 is 5.32 Å². The fraction of sp³-hybridized carbons (Fsp3) is 0.200. The van der Waals surface area contributed by atoms with Gasteiger partial charge >= 0.3 is 0 Å². The van der Waals surface area contributed by atoms with Crippen molar-refractivity contribution in [3.05, 3.63) is 57.4 Å². The van der Waals surface area contributed by atoms with Gasteiger partial charge in [-0.2, -0.15) is 0 Å². The second-order valence-electron chi connectivity index (χ2n) is 4.47. The third kappa shape index (κ3) is 2.54. The zero-order valence-corrected chi connectivity index (χ0v) is 12.1. The van der Waals surface area contributed by atoms with Gasteiger partial charge in [0.2, 0.25) is 0 Å². The Balaban J connectivity index is 1.80. The maximum atomic E-state index is 6.17. The molecule has 0 aliphatic carbocycles. The minimum absolute atomic E-state index is 0.310. The highest BCUT2D eigenvalue weighted by molar-refractivity contribution is 7.10. The van der Waals surface area contributed by atoms with E-state index in [-0.39, 0.29) is 0 Å². The van der Waals surface area contributed by atoms with Gasteiger partial charge in [-0.15, -0.1) is 11.3 Å². The number of thiophene rings is 1. The molecule has 0 bridgehead atoms. The summed E-state index contributed by atoms with van der Waals surface area (Å²) in [6.45, 7) is 2.86. The van der Waals surface area contributed by atoms with Crippen molar-refractivity contribution in [2.24, 2.45) is 0 Å². The van der Waals surface area contributed by atoms with Crippen LogP contribution in [-0.4, -0.2) is 0 Å². The van der Waals surface area contributed by atoms with Crippen LogP contribution in [0.25, 0.3) is 11.0 Å². The minimum atomic E-state index is 0.310. The number of hydrogen-bond acceptors (Lipinski definition) is 3. The van der Waals surface area contributed by atoms with Gasteiger partial charge < -0.3 is 9.73 Å². The average Bonchev–Trinajstić information content (AvgIpc) is 3.03. The molecule has 0 spiro atoms. The SMILES string of the molecule is C[C@H](NCc1c(Cl)oc2ccccc12)c1cccs1. The van der Waals surface area contributed by atoms with Crippen molar-refractivity contribution in [1.29, 1.82) is 0 Å². The fourth-order valence-electron chi connectivity index (χ4n) is 2.13. The Kier molecular flexibility index (Phi) is 3.60. The Labute approximate surface area is 121 Å². The zero-order chi connectivity index (χ0) is 13.2. The lowest BCUT2D eigenvalue weighted by Crippen LogP contribution is -2.17. The molecule has 98 valence electrons. The summed E-state index contributed by atoms with van der Waals surface area (Å²) in [5.74, 6) is 0. The van der Waals surface area contributed by atoms with Crippen LogP contribution in [0.5, 0.6) is 0 Å². The quantitative estimate of drug-likeness (QED) is 0.732. The van der Waals surface area contributed by atoms with Gasteiger partial charge in [0.25, 0.3) is 0 Å². The first kappa shape index (κ1) is 12.7. The largest absolute Gasteiger partial charge is 0.444 e. The van der Waals surface area contributed by atoms with Gasteiger partial charge in [-0.1, -0.05) is 24.3 Å². The predicted octanol–water partition coefficient (Wildman–Crippen LogP) is 5.00. The minimum Gasteiger partial charge on any atom is -0.444 e. The van der Waals surface area contributed by atoms with Crippen molar-refractivity contribution in [2.75, 3.05) is 0 Å². The first-order valence-corrected chi connectivity index (χ1v) is 7.44. The highest BCUT2D eigenvalue weighted by Gasteiger charge is 2.13. The molecule has 2 heterocycles. The van der Waals surface area contributed by atoms with E-state index >= 15 is 0 Å². The molecule has 0 aliphatic rings. The van der Waals surface area contributed by atoms with E-state index in [0.29, 0.717) is 17.8 Å². The van der Waals surface area contributed by atoms with E-state index < -0.39 is 0 Å². The van der Waals surface area contributed by atoms with Crippen LogP contribution in [0.1, 0.15) is 23.4 Å². The molecule has 1 N–H and O–H groups in total. The molecule has 2 aromatic heterocycles. The third-order valence-corrected chi connectivity index (χ3v) is 4.56. The summed E-state index contributed by atoms with van der Waals surface area (Å²) >= 11 is 7.93. The van der Waals surface area contributed by atoms with Crippen molar-refractivity contribution in [3.63, 3.8) is 0 Å². The molecule has 0 saturated carbocycles. The van der Waals surface area contributed by atoms with E-state index in [1.165, 1.54) is 4.88 Å². The molecule has 0 aliphatic heterocycles. The molecule has 4 heteroatoms. The Bertz CT molecular complexity index is 675. The average molecular weight is 292 g/mol. The van der Waals surface area contributed by atoms with Gasteiger partial charge in [-0.3, -0.25) is 0 Å². The van der Waals surface area contributed by atoms with Crippen molar-refractivity contribution >= 4 is 33.9 Å². The van der Waals surface area contributed by atoms with E-state index in [0.717, 1.165) is 16.5 Å². The summed E-state index contributed by atoms with van der Waals surface area (Å²) in [5.41, 5.74) is 1.87. The predicted molar refractivity (Wildman–Crippen MR) is 80.8 cm³/mol. The molecule has 0 fully saturated rings. The maximum Gasteiger partial charge on any atom is 0.199 e. The number of halogens is 1. The van der Waals surface area contributed by atoms with E-state index in [9.17, 15) is 0 Å². The fourth-order valence-corrected chi connectivity index (χ4v) is 3.14. The van der Waals surface area contributed by atoms with Crippen molar-refractivity contribution < 1.29 is 4.42 Å². The van der Waals surface area contributed by atoms with Crippen LogP contribution in [0.2, 0.25) is 5.22 Å². The lowest BCUT2D eigenvalue weighted by Gasteiger charge is -2.11. The number of nitrogens with one attached hydrogen (secondary N) is 1. The number of para-hydroxylation sites is 1. The number of fused-ring (bicyclic) bond motifs is 1. The van der Waals surface area contributed by atoms with Gasteiger partial charge in [-0.05, 0) is 36.0 Å². The molecular weight excluding hydrogens is 278 g/mol. The maximum absolute atomic E-state index is 6.17. The second-order valence-corrected chi connectivity index (χ2v) is 5.79. The summed E-state index contributed by atoms with van der Waals surface area (Å²) in [6, 6.07) is 12.4. The van der Waals surface area contributed by atoms with E-state index in [1.807, 2.05) is 24.3 Å². The van der Waals surface area contributed by atoms with Gasteiger partial charge in [0.05, 0.1) is 0 Å². The standard InChI is InChI=1S/C15H14ClNOS/c1-10(14-7-4-8-19-14)17-9-12-11-5-2-3-6-13(11)18-15(12)16/h2-8,10,17H,9H2,1H3/t10-/m0/s1. The monoisotopic (exact) mass is 291 g/mol. The number of hydrogen-bond donors (Lipinski definition) is 1. The topological polar surface area (TPSA) is 25.2 Å². The second kappa shape index (κ2) is 5.37. The van der Waals surface area contributed by atoms with Crippen molar-refractivity contribution in [2.45, 2.75) is 19.5 Å². The molecule has 1 aromatic carbocycles. The van der Waals surface area contributed by atoms with Gasteiger partial charge in [0, 0.05) is 28.4 Å². The molecule has 0 saturated heterocycles. The molecule has 1 atom stereocenters. The molecule has 3 aromatic rings. The van der Waals surface area contributed by atoms with Crippen LogP contribution >= 0.6 is 22.9 Å². The molecule has 0 radical (unpaired) electrons. The molecule has 0 amide bonds. The van der Waals surface area contributed by atoms with E-state index in [1.54, 1.807) is 11.3 Å².